The van der Waals surface area contributed by atoms with Gasteiger partial charge in [-0.1, -0.05) is 42.5 Å². The fraction of sp³-hybridized carbons (Fsp3) is 0.276. The summed E-state index contributed by atoms with van der Waals surface area (Å²) >= 11 is 0. The Kier molecular flexibility index (Phi) is 6.56. The molecule has 0 bridgehead atoms. The van der Waals surface area contributed by atoms with Crippen LogP contribution in [0.3, 0.4) is 0 Å². The minimum Gasteiger partial charge on any atom is -0.332 e. The van der Waals surface area contributed by atoms with Crippen molar-refractivity contribution in [1.29, 1.82) is 0 Å². The molecule has 8 heteroatoms. The van der Waals surface area contributed by atoms with Crippen LogP contribution in [0.4, 0.5) is 5.69 Å². The largest absolute Gasteiger partial charge is 0.332 e. The number of nitrogens with zero attached hydrogens (tertiary/aromatic N) is 4. The second-order valence-corrected chi connectivity index (χ2v) is 9.59. The van der Waals surface area contributed by atoms with Gasteiger partial charge in [-0.2, -0.15) is 0 Å². The van der Waals surface area contributed by atoms with Crippen LogP contribution in [0.5, 0.6) is 0 Å². The maximum absolute atomic E-state index is 14.0. The van der Waals surface area contributed by atoms with Gasteiger partial charge < -0.3 is 9.80 Å². The molecule has 0 saturated carbocycles. The predicted molar refractivity (Wildman–Crippen MR) is 137 cm³/mol. The Balaban J connectivity index is 1.41. The summed E-state index contributed by atoms with van der Waals surface area (Å²) in [5, 5.41) is 0. The van der Waals surface area contributed by atoms with Crippen LogP contribution in [0.15, 0.2) is 79.1 Å². The number of aromatic nitrogens is 1. The number of amides is 4. The molecule has 1 aromatic heterocycles. The number of carbonyl (C=O) groups is 4. The SMILES string of the molecule is Cc1ccccc1C1(CC(=O)N2CCN(c3ccccc3)C(=O)C2)CC(=O)N(Cc2ccncc2)C1=O. The maximum atomic E-state index is 14.0. The highest BCUT2D eigenvalue weighted by Gasteiger charge is 2.54. The van der Waals surface area contributed by atoms with Crippen molar-refractivity contribution in [3.63, 3.8) is 0 Å². The molecule has 3 heterocycles. The molecule has 2 fully saturated rings. The van der Waals surface area contributed by atoms with Crippen molar-refractivity contribution in [2.24, 2.45) is 0 Å². The number of hydrogen-bond donors (Lipinski definition) is 0. The van der Waals surface area contributed by atoms with E-state index in [1.807, 2.05) is 61.5 Å². The summed E-state index contributed by atoms with van der Waals surface area (Å²) in [5.41, 5.74) is 1.78. The molecule has 1 unspecified atom stereocenters. The summed E-state index contributed by atoms with van der Waals surface area (Å²) in [4.78, 5) is 62.1. The van der Waals surface area contributed by atoms with E-state index in [9.17, 15) is 19.2 Å². The van der Waals surface area contributed by atoms with Crippen LogP contribution in [-0.2, 0) is 31.1 Å². The van der Waals surface area contributed by atoms with Crippen LogP contribution >= 0.6 is 0 Å². The quantitative estimate of drug-likeness (QED) is 0.490. The fourth-order valence-electron chi connectivity index (χ4n) is 5.32. The van der Waals surface area contributed by atoms with E-state index in [-0.39, 0.29) is 49.6 Å². The third-order valence-electron chi connectivity index (χ3n) is 7.25. The zero-order valence-electron chi connectivity index (χ0n) is 20.7. The van der Waals surface area contributed by atoms with Crippen LogP contribution in [0.25, 0.3) is 0 Å². The van der Waals surface area contributed by atoms with Crippen LogP contribution in [0, 0.1) is 6.92 Å². The number of aryl methyl sites for hydroxylation is 1. The molecule has 0 radical (unpaired) electrons. The Hall–Kier alpha value is -4.33. The van der Waals surface area contributed by atoms with Gasteiger partial charge in [0.2, 0.25) is 23.6 Å². The summed E-state index contributed by atoms with van der Waals surface area (Å²) in [6.07, 6.45) is 2.97. The van der Waals surface area contributed by atoms with Gasteiger partial charge in [0.1, 0.15) is 6.54 Å². The lowest BCUT2D eigenvalue weighted by atomic mass is 9.74. The molecule has 4 amide bonds. The van der Waals surface area contributed by atoms with Crippen LogP contribution in [0.2, 0.25) is 0 Å². The first kappa shape index (κ1) is 24.4. The third-order valence-corrected chi connectivity index (χ3v) is 7.25. The molecular weight excluding hydrogens is 468 g/mol. The van der Waals surface area contributed by atoms with E-state index in [1.165, 1.54) is 9.80 Å². The van der Waals surface area contributed by atoms with Crippen LogP contribution in [-0.4, -0.2) is 58.0 Å². The number of carbonyl (C=O) groups excluding carboxylic acids is 4. The highest BCUT2D eigenvalue weighted by atomic mass is 16.2. The minimum atomic E-state index is -1.31. The summed E-state index contributed by atoms with van der Waals surface area (Å²) in [5.74, 6) is -1.19. The normalized spacial score (nSPS) is 20.0. The molecule has 2 aromatic carbocycles. The zero-order valence-corrected chi connectivity index (χ0v) is 20.7. The summed E-state index contributed by atoms with van der Waals surface area (Å²) < 4.78 is 0. The van der Waals surface area contributed by atoms with Gasteiger partial charge in [0, 0.05) is 44.0 Å². The number of rotatable bonds is 6. The van der Waals surface area contributed by atoms with Gasteiger partial charge in [0.05, 0.1) is 12.0 Å². The Morgan fingerprint density at radius 1 is 0.892 bits per heavy atom. The lowest BCUT2D eigenvalue weighted by molar-refractivity contribution is -0.144. The summed E-state index contributed by atoms with van der Waals surface area (Å²) in [6, 6.07) is 20.3. The molecule has 0 spiro atoms. The molecule has 0 N–H and O–H groups in total. The zero-order chi connectivity index (χ0) is 26.0. The van der Waals surface area contributed by atoms with Gasteiger partial charge in [-0.3, -0.25) is 29.1 Å². The molecular formula is C29H28N4O4. The van der Waals surface area contributed by atoms with E-state index < -0.39 is 5.41 Å². The number of imide groups is 1. The average molecular weight is 497 g/mol. The Morgan fingerprint density at radius 3 is 2.30 bits per heavy atom. The molecule has 8 nitrogen and oxygen atoms in total. The molecule has 2 aliphatic rings. The van der Waals surface area contributed by atoms with Crippen molar-refractivity contribution in [1.82, 2.24) is 14.8 Å². The van der Waals surface area contributed by atoms with E-state index in [1.54, 1.807) is 29.4 Å². The Labute approximate surface area is 215 Å². The molecule has 5 rings (SSSR count). The molecule has 2 saturated heterocycles. The maximum Gasteiger partial charge on any atom is 0.246 e. The number of piperazine rings is 1. The van der Waals surface area contributed by atoms with Crippen molar-refractivity contribution < 1.29 is 19.2 Å². The Morgan fingerprint density at radius 2 is 1.59 bits per heavy atom. The predicted octanol–water partition coefficient (Wildman–Crippen LogP) is 2.85. The van der Waals surface area contributed by atoms with Gasteiger partial charge in [0.15, 0.2) is 0 Å². The fourth-order valence-corrected chi connectivity index (χ4v) is 5.32. The molecule has 3 aromatic rings. The molecule has 188 valence electrons. The van der Waals surface area contributed by atoms with Crippen LogP contribution < -0.4 is 4.90 Å². The number of benzene rings is 2. The van der Waals surface area contributed by atoms with Crippen LogP contribution in [0.1, 0.15) is 29.5 Å². The third kappa shape index (κ3) is 4.62. The standard InChI is InChI=1S/C29H28N4O4/c1-21-7-5-6-10-24(21)29(18-26(35)33(28(29)37)19-22-11-13-30-14-12-22)17-25(34)31-15-16-32(27(36)20-31)23-8-3-2-4-9-23/h2-14H,15-20H2,1H3. The first-order chi connectivity index (χ1) is 17.9. The first-order valence-electron chi connectivity index (χ1n) is 12.3. The number of anilines is 1. The highest BCUT2D eigenvalue weighted by Crippen LogP contribution is 2.42. The summed E-state index contributed by atoms with van der Waals surface area (Å²) in [6.45, 7) is 2.66. The number of likely N-dealkylation sites (tertiary alicyclic amines) is 1. The van der Waals surface area contributed by atoms with E-state index >= 15 is 0 Å². The summed E-state index contributed by atoms with van der Waals surface area (Å²) in [7, 11) is 0. The lowest BCUT2D eigenvalue weighted by Crippen LogP contribution is -2.54. The van der Waals surface area contributed by atoms with Gasteiger partial charge >= 0.3 is 0 Å². The molecule has 0 aliphatic carbocycles. The number of pyridine rings is 1. The van der Waals surface area contributed by atoms with Gasteiger partial charge in [0.25, 0.3) is 0 Å². The second kappa shape index (κ2) is 9.97. The van der Waals surface area contributed by atoms with Gasteiger partial charge in [-0.25, -0.2) is 0 Å². The van der Waals surface area contributed by atoms with E-state index in [2.05, 4.69) is 4.98 Å². The molecule has 37 heavy (non-hydrogen) atoms. The number of para-hydroxylation sites is 1. The number of hydrogen-bond acceptors (Lipinski definition) is 5. The van der Waals surface area contributed by atoms with E-state index in [4.69, 9.17) is 0 Å². The minimum absolute atomic E-state index is 0.0690. The molecule has 1 atom stereocenters. The second-order valence-electron chi connectivity index (χ2n) is 9.59. The molecule has 2 aliphatic heterocycles. The van der Waals surface area contributed by atoms with Gasteiger partial charge in [-0.15, -0.1) is 0 Å². The van der Waals surface area contributed by atoms with E-state index in [0.29, 0.717) is 18.7 Å². The van der Waals surface area contributed by atoms with Crippen molar-refractivity contribution in [2.45, 2.75) is 31.7 Å². The van der Waals surface area contributed by atoms with Gasteiger partial charge in [-0.05, 0) is 47.9 Å². The lowest BCUT2D eigenvalue weighted by Gasteiger charge is -2.36. The monoisotopic (exact) mass is 496 g/mol. The topological polar surface area (TPSA) is 90.9 Å². The Bertz CT molecular complexity index is 1340. The first-order valence-corrected chi connectivity index (χ1v) is 12.3. The smallest absolute Gasteiger partial charge is 0.246 e. The van der Waals surface area contributed by atoms with Crippen molar-refractivity contribution >= 4 is 29.3 Å². The average Bonchev–Trinajstić information content (AvgIpc) is 3.14. The van der Waals surface area contributed by atoms with Crippen molar-refractivity contribution in [3.05, 3.63) is 95.8 Å². The van der Waals surface area contributed by atoms with Crippen molar-refractivity contribution in [2.75, 3.05) is 24.5 Å². The van der Waals surface area contributed by atoms with Crippen molar-refractivity contribution in [3.8, 4) is 0 Å². The van der Waals surface area contributed by atoms with E-state index in [0.717, 1.165) is 16.8 Å². The highest BCUT2D eigenvalue weighted by molar-refractivity contribution is 6.11.